The van der Waals surface area contributed by atoms with Crippen molar-refractivity contribution in [3.63, 3.8) is 0 Å². The fourth-order valence-electron chi connectivity index (χ4n) is 3.01. The molecule has 6 heteroatoms. The number of piperidine rings is 1. The molecule has 2 aliphatic rings. The first-order valence-electron chi connectivity index (χ1n) is 7.63. The van der Waals surface area contributed by atoms with Gasteiger partial charge in [-0.05, 0) is 37.5 Å². The van der Waals surface area contributed by atoms with Gasteiger partial charge in [0.25, 0.3) is 5.91 Å². The Balaban J connectivity index is 1.83. The van der Waals surface area contributed by atoms with Gasteiger partial charge in [-0.1, -0.05) is 0 Å². The van der Waals surface area contributed by atoms with Crippen LogP contribution in [0.3, 0.4) is 0 Å². The number of anilines is 1. The number of carbonyl (C=O) groups is 2. The van der Waals surface area contributed by atoms with Crippen LogP contribution in [0.4, 0.5) is 10.1 Å². The third-order valence-corrected chi connectivity index (χ3v) is 4.32. The van der Waals surface area contributed by atoms with E-state index in [4.69, 9.17) is 0 Å². The van der Waals surface area contributed by atoms with Crippen molar-refractivity contribution in [3.05, 3.63) is 29.6 Å². The highest BCUT2D eigenvalue weighted by Gasteiger charge is 2.27. The summed E-state index contributed by atoms with van der Waals surface area (Å²) in [6, 6.07) is 4.24. The molecular weight excluding hydrogens is 287 g/mol. The SMILES string of the molecule is O=C(c1cc(N2CCCC2=O)ccc1F)N1CCC(O)CC1. The molecular formula is C16H19FN2O3. The number of hydrogen-bond donors (Lipinski definition) is 1. The molecule has 22 heavy (non-hydrogen) atoms. The quantitative estimate of drug-likeness (QED) is 0.902. The molecule has 0 aromatic heterocycles. The molecule has 0 atom stereocenters. The Kier molecular flexibility index (Phi) is 4.11. The average molecular weight is 306 g/mol. The lowest BCUT2D eigenvalue weighted by Gasteiger charge is -2.30. The van der Waals surface area contributed by atoms with Gasteiger partial charge in [-0.2, -0.15) is 0 Å². The van der Waals surface area contributed by atoms with Gasteiger partial charge < -0.3 is 14.9 Å². The highest BCUT2D eigenvalue weighted by molar-refractivity contribution is 5.99. The van der Waals surface area contributed by atoms with Gasteiger partial charge in [0.2, 0.25) is 5.91 Å². The summed E-state index contributed by atoms with van der Waals surface area (Å²) in [6.45, 7) is 1.45. The van der Waals surface area contributed by atoms with E-state index < -0.39 is 5.82 Å². The number of hydrogen-bond acceptors (Lipinski definition) is 3. The van der Waals surface area contributed by atoms with Crippen molar-refractivity contribution in [3.8, 4) is 0 Å². The second-order valence-electron chi connectivity index (χ2n) is 5.84. The molecule has 0 aliphatic carbocycles. The van der Waals surface area contributed by atoms with E-state index >= 15 is 0 Å². The highest BCUT2D eigenvalue weighted by atomic mass is 19.1. The van der Waals surface area contributed by atoms with Crippen LogP contribution in [0.2, 0.25) is 0 Å². The molecule has 0 spiro atoms. The van der Waals surface area contributed by atoms with E-state index in [1.807, 2.05) is 0 Å². The van der Waals surface area contributed by atoms with Crippen molar-refractivity contribution < 1.29 is 19.1 Å². The molecule has 0 unspecified atom stereocenters. The Labute approximate surface area is 128 Å². The first kappa shape index (κ1) is 15.0. The number of benzene rings is 1. The molecule has 2 saturated heterocycles. The number of halogens is 1. The van der Waals surface area contributed by atoms with Gasteiger partial charge in [0.05, 0.1) is 11.7 Å². The van der Waals surface area contributed by atoms with E-state index in [9.17, 15) is 19.1 Å². The maximum atomic E-state index is 14.0. The van der Waals surface area contributed by atoms with Gasteiger partial charge in [-0.3, -0.25) is 9.59 Å². The number of likely N-dealkylation sites (tertiary alicyclic amines) is 1. The van der Waals surface area contributed by atoms with E-state index in [1.165, 1.54) is 18.2 Å². The van der Waals surface area contributed by atoms with Crippen LogP contribution in [0.1, 0.15) is 36.0 Å². The summed E-state index contributed by atoms with van der Waals surface area (Å²) in [5, 5.41) is 9.49. The molecule has 2 fully saturated rings. The maximum absolute atomic E-state index is 14.0. The smallest absolute Gasteiger partial charge is 0.256 e. The summed E-state index contributed by atoms with van der Waals surface area (Å²) in [4.78, 5) is 27.4. The summed E-state index contributed by atoms with van der Waals surface area (Å²) in [5.74, 6) is -0.949. The van der Waals surface area contributed by atoms with Crippen molar-refractivity contribution in [1.82, 2.24) is 4.90 Å². The van der Waals surface area contributed by atoms with Crippen LogP contribution in [0, 0.1) is 5.82 Å². The lowest BCUT2D eigenvalue weighted by molar-refractivity contribution is -0.117. The number of carbonyl (C=O) groups excluding carboxylic acids is 2. The van der Waals surface area contributed by atoms with Crippen LogP contribution in [0.5, 0.6) is 0 Å². The lowest BCUT2D eigenvalue weighted by Crippen LogP contribution is -2.40. The van der Waals surface area contributed by atoms with Crippen molar-refractivity contribution in [2.75, 3.05) is 24.5 Å². The van der Waals surface area contributed by atoms with Crippen LogP contribution in [-0.4, -0.2) is 47.6 Å². The van der Waals surface area contributed by atoms with Gasteiger partial charge >= 0.3 is 0 Å². The van der Waals surface area contributed by atoms with Crippen LogP contribution >= 0.6 is 0 Å². The average Bonchev–Trinajstić information content (AvgIpc) is 2.94. The fourth-order valence-corrected chi connectivity index (χ4v) is 3.01. The van der Waals surface area contributed by atoms with Crippen molar-refractivity contribution in [1.29, 1.82) is 0 Å². The summed E-state index contributed by atoms with van der Waals surface area (Å²) < 4.78 is 14.0. The zero-order chi connectivity index (χ0) is 15.7. The fraction of sp³-hybridized carbons (Fsp3) is 0.500. The van der Waals surface area contributed by atoms with Gasteiger partial charge in [-0.25, -0.2) is 4.39 Å². The molecule has 1 N–H and O–H groups in total. The Morgan fingerprint density at radius 3 is 2.59 bits per heavy atom. The van der Waals surface area contributed by atoms with Gasteiger partial charge in [0, 0.05) is 31.7 Å². The molecule has 5 nitrogen and oxygen atoms in total. The van der Waals surface area contributed by atoms with E-state index in [-0.39, 0.29) is 23.5 Å². The maximum Gasteiger partial charge on any atom is 0.256 e. The molecule has 1 aromatic carbocycles. The number of aliphatic hydroxyl groups is 1. The predicted molar refractivity (Wildman–Crippen MR) is 79.1 cm³/mol. The zero-order valence-corrected chi connectivity index (χ0v) is 12.3. The van der Waals surface area contributed by atoms with Crippen molar-refractivity contribution in [2.45, 2.75) is 31.8 Å². The second kappa shape index (κ2) is 6.04. The standard InChI is InChI=1S/C16H19FN2O3/c17-14-4-3-11(19-7-1-2-15(19)21)10-13(14)16(22)18-8-5-12(20)6-9-18/h3-4,10,12,20H,1-2,5-9H2. The monoisotopic (exact) mass is 306 g/mol. The summed E-state index contributed by atoms with van der Waals surface area (Å²) >= 11 is 0. The third-order valence-electron chi connectivity index (χ3n) is 4.32. The summed E-state index contributed by atoms with van der Waals surface area (Å²) in [5.41, 5.74) is 0.567. The van der Waals surface area contributed by atoms with Gasteiger partial charge in [0.15, 0.2) is 0 Å². The third kappa shape index (κ3) is 2.83. The minimum atomic E-state index is -0.577. The van der Waals surface area contributed by atoms with Gasteiger partial charge in [0.1, 0.15) is 5.82 Å². The van der Waals surface area contributed by atoms with E-state index in [1.54, 1.807) is 9.80 Å². The van der Waals surface area contributed by atoms with Crippen molar-refractivity contribution in [2.24, 2.45) is 0 Å². The Hall–Kier alpha value is -1.95. The normalized spacial score (nSPS) is 19.8. The lowest BCUT2D eigenvalue weighted by atomic mass is 10.1. The summed E-state index contributed by atoms with van der Waals surface area (Å²) in [6.07, 6.45) is 1.91. The topological polar surface area (TPSA) is 60.9 Å². The molecule has 2 amide bonds. The van der Waals surface area contributed by atoms with Gasteiger partial charge in [-0.15, -0.1) is 0 Å². The molecule has 0 saturated carbocycles. The second-order valence-corrected chi connectivity index (χ2v) is 5.84. The number of rotatable bonds is 2. The largest absolute Gasteiger partial charge is 0.393 e. The van der Waals surface area contributed by atoms with Crippen molar-refractivity contribution >= 4 is 17.5 Å². The minimum Gasteiger partial charge on any atom is -0.393 e. The Morgan fingerprint density at radius 1 is 1.23 bits per heavy atom. The molecule has 2 aliphatic heterocycles. The van der Waals surface area contributed by atoms with Crippen LogP contribution < -0.4 is 4.90 Å². The number of aliphatic hydroxyl groups excluding tert-OH is 1. The van der Waals surface area contributed by atoms with Crippen LogP contribution in [0.25, 0.3) is 0 Å². The molecule has 0 bridgehead atoms. The first-order chi connectivity index (χ1) is 10.6. The molecule has 3 rings (SSSR count). The van der Waals surface area contributed by atoms with Crippen LogP contribution in [0.15, 0.2) is 18.2 Å². The molecule has 0 radical (unpaired) electrons. The Morgan fingerprint density at radius 2 is 1.95 bits per heavy atom. The first-order valence-corrected chi connectivity index (χ1v) is 7.63. The molecule has 118 valence electrons. The highest BCUT2D eigenvalue weighted by Crippen LogP contribution is 2.25. The zero-order valence-electron chi connectivity index (χ0n) is 12.3. The predicted octanol–water partition coefficient (Wildman–Crippen LogP) is 1.55. The van der Waals surface area contributed by atoms with E-state index in [0.717, 1.165) is 6.42 Å². The minimum absolute atomic E-state index is 0.00565. The van der Waals surface area contributed by atoms with E-state index in [0.29, 0.717) is 44.6 Å². The van der Waals surface area contributed by atoms with E-state index in [2.05, 4.69) is 0 Å². The molecule has 1 aromatic rings. The molecule has 2 heterocycles. The van der Waals surface area contributed by atoms with Crippen LogP contribution in [-0.2, 0) is 4.79 Å². The summed E-state index contributed by atoms with van der Waals surface area (Å²) in [7, 11) is 0. The Bertz CT molecular complexity index is 597. The number of nitrogens with zero attached hydrogens (tertiary/aromatic N) is 2. The number of amides is 2.